The van der Waals surface area contributed by atoms with Crippen LogP contribution >= 0.6 is 11.6 Å². The van der Waals surface area contributed by atoms with E-state index in [2.05, 4.69) is 0 Å². The van der Waals surface area contributed by atoms with Gasteiger partial charge >= 0.3 is 5.92 Å². The number of hydrogen-bond donors (Lipinski definition) is 1. The van der Waals surface area contributed by atoms with Gasteiger partial charge in [-0.05, 0) is 12.1 Å². The number of aliphatic hydroxyl groups excluding tert-OH is 1. The van der Waals surface area contributed by atoms with Gasteiger partial charge in [-0.2, -0.15) is 8.78 Å². The topological polar surface area (TPSA) is 63.4 Å². The molecule has 0 aromatic heterocycles. The van der Waals surface area contributed by atoms with Crippen molar-refractivity contribution in [1.82, 2.24) is 0 Å². The van der Waals surface area contributed by atoms with Crippen molar-refractivity contribution in [3.8, 4) is 0 Å². The molecular weight excluding hydrogens is 232 g/mol. The third-order valence-corrected chi connectivity index (χ3v) is 1.98. The fourth-order valence-corrected chi connectivity index (χ4v) is 1.22. The number of rotatable bonds is 3. The van der Waals surface area contributed by atoms with E-state index >= 15 is 0 Å². The summed E-state index contributed by atoms with van der Waals surface area (Å²) < 4.78 is 26.1. The van der Waals surface area contributed by atoms with Crippen molar-refractivity contribution in [2.75, 3.05) is 6.61 Å². The average molecular weight is 238 g/mol. The van der Waals surface area contributed by atoms with Gasteiger partial charge < -0.3 is 5.11 Å². The minimum atomic E-state index is -3.65. The van der Waals surface area contributed by atoms with E-state index in [0.717, 1.165) is 18.2 Å². The van der Waals surface area contributed by atoms with Crippen molar-refractivity contribution in [1.29, 1.82) is 0 Å². The Morgan fingerprint density at radius 3 is 2.60 bits per heavy atom. The molecule has 0 spiro atoms. The van der Waals surface area contributed by atoms with Gasteiger partial charge in [-0.15, -0.1) is 0 Å². The number of benzene rings is 1. The molecule has 0 bridgehead atoms. The van der Waals surface area contributed by atoms with Crippen LogP contribution in [0.4, 0.5) is 14.5 Å². The van der Waals surface area contributed by atoms with Crippen molar-refractivity contribution in [3.63, 3.8) is 0 Å². The minimum absolute atomic E-state index is 0.0146. The third-order valence-electron chi connectivity index (χ3n) is 1.75. The molecule has 0 radical (unpaired) electrons. The van der Waals surface area contributed by atoms with E-state index < -0.39 is 28.7 Å². The van der Waals surface area contributed by atoms with E-state index in [4.69, 9.17) is 16.7 Å². The van der Waals surface area contributed by atoms with Crippen LogP contribution < -0.4 is 0 Å². The Kier molecular flexibility index (Phi) is 3.21. The lowest BCUT2D eigenvalue weighted by Crippen LogP contribution is -2.20. The first-order valence-electron chi connectivity index (χ1n) is 3.81. The number of nitrogens with zero attached hydrogens (tertiary/aromatic N) is 1. The van der Waals surface area contributed by atoms with Crippen LogP contribution in [0.2, 0.25) is 5.02 Å². The summed E-state index contributed by atoms with van der Waals surface area (Å²) in [6, 6.07) is 2.75. The number of alkyl halides is 2. The normalized spacial score (nSPS) is 11.5. The molecule has 0 unspecified atom stereocenters. The molecule has 0 aliphatic rings. The van der Waals surface area contributed by atoms with Gasteiger partial charge in [-0.1, -0.05) is 11.6 Å². The Morgan fingerprint density at radius 2 is 2.13 bits per heavy atom. The van der Waals surface area contributed by atoms with Gasteiger partial charge in [0.05, 0.1) is 4.92 Å². The zero-order valence-corrected chi connectivity index (χ0v) is 8.04. The molecule has 1 aromatic rings. The van der Waals surface area contributed by atoms with E-state index in [0.29, 0.717) is 0 Å². The minimum Gasteiger partial charge on any atom is -0.390 e. The first-order chi connectivity index (χ1) is 6.88. The van der Waals surface area contributed by atoms with Crippen LogP contribution in [0, 0.1) is 10.1 Å². The molecule has 0 amide bonds. The van der Waals surface area contributed by atoms with Crippen LogP contribution in [0.5, 0.6) is 0 Å². The van der Waals surface area contributed by atoms with Crippen LogP contribution in [0.25, 0.3) is 0 Å². The predicted molar refractivity (Wildman–Crippen MR) is 49.1 cm³/mol. The van der Waals surface area contributed by atoms with Gasteiger partial charge in [0.15, 0.2) is 0 Å². The van der Waals surface area contributed by atoms with Crippen LogP contribution in [0.1, 0.15) is 5.56 Å². The molecule has 0 aliphatic heterocycles. The Hall–Kier alpha value is -1.27. The predicted octanol–water partition coefficient (Wildman–Crippen LogP) is 2.33. The lowest BCUT2D eigenvalue weighted by atomic mass is 10.1. The third kappa shape index (κ3) is 2.40. The van der Waals surface area contributed by atoms with E-state index in [9.17, 15) is 18.9 Å². The summed E-state index contributed by atoms with van der Waals surface area (Å²) in [7, 11) is 0. The fraction of sp³-hybridized carbons (Fsp3) is 0.250. The fourth-order valence-electron chi connectivity index (χ4n) is 1.05. The maximum atomic E-state index is 13.0. The van der Waals surface area contributed by atoms with Crippen LogP contribution in [0.3, 0.4) is 0 Å². The van der Waals surface area contributed by atoms with Gasteiger partial charge in [0.25, 0.3) is 5.69 Å². The summed E-state index contributed by atoms with van der Waals surface area (Å²) in [5, 5.41) is 18.9. The molecule has 82 valence electrons. The van der Waals surface area contributed by atoms with Crippen molar-refractivity contribution in [2.24, 2.45) is 0 Å². The lowest BCUT2D eigenvalue weighted by molar-refractivity contribution is -0.387. The number of aliphatic hydroxyl groups is 1. The summed E-state index contributed by atoms with van der Waals surface area (Å²) in [4.78, 5) is 9.50. The second-order valence-electron chi connectivity index (χ2n) is 2.78. The van der Waals surface area contributed by atoms with Gasteiger partial charge in [0, 0.05) is 11.1 Å². The molecule has 0 saturated heterocycles. The van der Waals surface area contributed by atoms with Gasteiger partial charge in [-0.25, -0.2) is 0 Å². The summed E-state index contributed by atoms with van der Waals surface area (Å²) in [6.45, 7) is -1.49. The number of halogens is 3. The second-order valence-corrected chi connectivity index (χ2v) is 3.22. The lowest BCUT2D eigenvalue weighted by Gasteiger charge is -2.13. The van der Waals surface area contributed by atoms with Crippen LogP contribution in [0.15, 0.2) is 18.2 Å². The number of hydrogen-bond acceptors (Lipinski definition) is 3. The first-order valence-corrected chi connectivity index (χ1v) is 4.19. The molecule has 4 nitrogen and oxygen atoms in total. The molecule has 1 N–H and O–H groups in total. The average Bonchev–Trinajstić information content (AvgIpc) is 2.17. The highest BCUT2D eigenvalue weighted by Gasteiger charge is 2.37. The molecule has 7 heteroatoms. The maximum absolute atomic E-state index is 13.0. The van der Waals surface area contributed by atoms with Crippen molar-refractivity contribution in [3.05, 3.63) is 38.9 Å². The van der Waals surface area contributed by atoms with Gasteiger partial charge in [0.2, 0.25) is 0 Å². The standard InChI is InChI=1S/C8H6ClF2NO3/c9-5-1-2-6(8(10,11)4-13)7(3-5)12(14)15/h1-3,13H,4H2. The van der Waals surface area contributed by atoms with Crippen molar-refractivity contribution in [2.45, 2.75) is 5.92 Å². The molecule has 1 rings (SSSR count). The highest BCUT2D eigenvalue weighted by Crippen LogP contribution is 2.35. The van der Waals surface area contributed by atoms with E-state index in [1.54, 1.807) is 0 Å². The zero-order chi connectivity index (χ0) is 11.6. The monoisotopic (exact) mass is 237 g/mol. The molecule has 0 heterocycles. The molecule has 15 heavy (non-hydrogen) atoms. The van der Waals surface area contributed by atoms with Crippen molar-refractivity contribution >= 4 is 17.3 Å². The Bertz CT molecular complexity index is 397. The van der Waals surface area contributed by atoms with Gasteiger partial charge in [0.1, 0.15) is 12.2 Å². The van der Waals surface area contributed by atoms with E-state index in [1.807, 2.05) is 0 Å². The molecule has 0 saturated carbocycles. The number of nitro benzene ring substituents is 1. The van der Waals surface area contributed by atoms with Gasteiger partial charge in [-0.3, -0.25) is 10.1 Å². The zero-order valence-electron chi connectivity index (χ0n) is 7.28. The van der Waals surface area contributed by atoms with Crippen LogP contribution in [-0.2, 0) is 5.92 Å². The summed E-state index contributed by atoms with van der Waals surface area (Å²) in [6.07, 6.45) is 0. The summed E-state index contributed by atoms with van der Waals surface area (Å²) >= 11 is 5.44. The van der Waals surface area contributed by atoms with E-state index in [1.165, 1.54) is 0 Å². The molecule has 1 aromatic carbocycles. The Balaban J connectivity index is 3.35. The SMILES string of the molecule is O=[N+]([O-])c1cc(Cl)ccc1C(F)(F)CO. The maximum Gasteiger partial charge on any atom is 0.302 e. The first kappa shape index (κ1) is 11.8. The molecule has 0 aliphatic carbocycles. The Labute approximate surface area is 88.2 Å². The smallest absolute Gasteiger partial charge is 0.302 e. The quantitative estimate of drug-likeness (QED) is 0.648. The molecule has 0 atom stereocenters. The highest BCUT2D eigenvalue weighted by molar-refractivity contribution is 6.30. The van der Waals surface area contributed by atoms with Crippen molar-refractivity contribution < 1.29 is 18.8 Å². The second kappa shape index (κ2) is 4.08. The van der Waals surface area contributed by atoms with E-state index in [-0.39, 0.29) is 5.02 Å². The molecule has 0 fully saturated rings. The summed E-state index contributed by atoms with van der Waals surface area (Å²) in [5.74, 6) is -3.65. The molecular formula is C8H6ClF2NO3. The highest BCUT2D eigenvalue weighted by atomic mass is 35.5. The number of nitro groups is 1. The summed E-state index contributed by atoms with van der Waals surface area (Å²) in [5.41, 5.74) is -1.65. The largest absolute Gasteiger partial charge is 0.390 e. The Morgan fingerprint density at radius 1 is 1.53 bits per heavy atom. The van der Waals surface area contributed by atoms with Crippen LogP contribution in [-0.4, -0.2) is 16.6 Å².